The molecular weight excluding hydrogens is 425 g/mol. The molecule has 0 spiro atoms. The molecule has 0 aliphatic heterocycles. The Labute approximate surface area is 187 Å². The van der Waals surface area contributed by atoms with Crippen LogP contribution >= 0.6 is 0 Å². The number of aromatic amines is 1. The Hall–Kier alpha value is -4.77. The number of rotatable bonds is 6. The SMILES string of the molecule is N#Cc1c(-c2ccc([N+](=O)[O-])c(OCc3ccc(F)cc3)c2)cc(-c2ccccc2)[nH]c1=O. The van der Waals surface area contributed by atoms with Crippen LogP contribution < -0.4 is 10.3 Å². The lowest BCUT2D eigenvalue weighted by Crippen LogP contribution is -2.12. The number of halogens is 1. The van der Waals surface area contributed by atoms with Gasteiger partial charge < -0.3 is 9.72 Å². The molecule has 0 radical (unpaired) electrons. The summed E-state index contributed by atoms with van der Waals surface area (Å²) in [4.78, 5) is 26.2. The van der Waals surface area contributed by atoms with E-state index in [-0.39, 0.29) is 23.6 Å². The van der Waals surface area contributed by atoms with Crippen LogP contribution in [0, 0.1) is 27.3 Å². The summed E-state index contributed by atoms with van der Waals surface area (Å²) in [5.74, 6) is -0.438. The third kappa shape index (κ3) is 4.62. The van der Waals surface area contributed by atoms with Gasteiger partial charge in [-0.25, -0.2) is 4.39 Å². The van der Waals surface area contributed by atoms with E-state index in [0.717, 1.165) is 5.56 Å². The van der Waals surface area contributed by atoms with Crippen LogP contribution in [0.15, 0.2) is 83.7 Å². The van der Waals surface area contributed by atoms with Crippen molar-refractivity contribution in [2.45, 2.75) is 6.61 Å². The predicted octanol–water partition coefficient (Wildman–Crippen LogP) is 5.21. The van der Waals surface area contributed by atoms with Crippen molar-refractivity contribution in [3.63, 3.8) is 0 Å². The Balaban J connectivity index is 1.79. The van der Waals surface area contributed by atoms with E-state index < -0.39 is 16.3 Å². The summed E-state index contributed by atoms with van der Waals surface area (Å²) < 4.78 is 18.8. The topological polar surface area (TPSA) is 109 Å². The first-order valence-corrected chi connectivity index (χ1v) is 9.85. The summed E-state index contributed by atoms with van der Waals surface area (Å²) in [6.45, 7) is -0.0275. The third-order valence-electron chi connectivity index (χ3n) is 5.00. The number of ether oxygens (including phenoxy) is 1. The van der Waals surface area contributed by atoms with Gasteiger partial charge in [-0.05, 0) is 47.0 Å². The highest BCUT2D eigenvalue weighted by Gasteiger charge is 2.19. The zero-order valence-electron chi connectivity index (χ0n) is 17.1. The first-order chi connectivity index (χ1) is 16.0. The lowest BCUT2D eigenvalue weighted by atomic mass is 9.98. The van der Waals surface area contributed by atoms with Crippen LogP contribution in [-0.4, -0.2) is 9.91 Å². The van der Waals surface area contributed by atoms with Crippen LogP contribution in [0.2, 0.25) is 0 Å². The number of benzene rings is 3. The van der Waals surface area contributed by atoms with Gasteiger partial charge in [0, 0.05) is 17.3 Å². The Kier molecular flexibility index (Phi) is 5.96. The van der Waals surface area contributed by atoms with Crippen LogP contribution in [0.25, 0.3) is 22.4 Å². The molecule has 3 aromatic carbocycles. The highest BCUT2D eigenvalue weighted by molar-refractivity contribution is 5.77. The molecule has 8 heteroatoms. The van der Waals surface area contributed by atoms with Crippen molar-refractivity contribution in [3.8, 4) is 34.2 Å². The first kappa shape index (κ1) is 21.5. The molecule has 33 heavy (non-hydrogen) atoms. The maximum atomic E-state index is 13.1. The fraction of sp³-hybridized carbons (Fsp3) is 0.0400. The molecule has 1 heterocycles. The molecule has 162 valence electrons. The first-order valence-electron chi connectivity index (χ1n) is 9.85. The number of nitro benzene ring substituents is 1. The summed E-state index contributed by atoms with van der Waals surface area (Å²) in [7, 11) is 0. The molecule has 0 amide bonds. The predicted molar refractivity (Wildman–Crippen MR) is 120 cm³/mol. The van der Waals surface area contributed by atoms with Crippen molar-refractivity contribution >= 4 is 5.69 Å². The van der Waals surface area contributed by atoms with Crippen molar-refractivity contribution in [1.82, 2.24) is 4.98 Å². The largest absolute Gasteiger partial charge is 0.482 e. The molecule has 1 N–H and O–H groups in total. The molecule has 7 nitrogen and oxygen atoms in total. The molecule has 0 aliphatic carbocycles. The van der Waals surface area contributed by atoms with E-state index in [1.807, 2.05) is 36.4 Å². The second kappa shape index (κ2) is 9.16. The van der Waals surface area contributed by atoms with E-state index in [1.54, 1.807) is 6.07 Å². The molecule has 4 aromatic rings. The second-order valence-electron chi connectivity index (χ2n) is 7.13. The molecule has 0 atom stereocenters. The highest BCUT2D eigenvalue weighted by atomic mass is 19.1. The number of nitrogens with one attached hydrogen (secondary N) is 1. The van der Waals surface area contributed by atoms with Gasteiger partial charge in [0.15, 0.2) is 5.75 Å². The minimum absolute atomic E-state index is 0.0275. The molecule has 4 rings (SSSR count). The quantitative estimate of drug-likeness (QED) is 0.326. The maximum Gasteiger partial charge on any atom is 0.310 e. The van der Waals surface area contributed by atoms with Crippen LogP contribution in [0.5, 0.6) is 5.75 Å². The van der Waals surface area contributed by atoms with E-state index >= 15 is 0 Å². The summed E-state index contributed by atoms with van der Waals surface area (Å²) in [6.07, 6.45) is 0. The molecule has 0 saturated heterocycles. The number of aromatic nitrogens is 1. The van der Waals surface area contributed by atoms with Crippen molar-refractivity contribution < 1.29 is 14.1 Å². The smallest absolute Gasteiger partial charge is 0.310 e. The van der Waals surface area contributed by atoms with Crippen molar-refractivity contribution in [1.29, 1.82) is 5.26 Å². The molecular formula is C25H16FN3O4. The molecule has 0 aliphatic rings. The lowest BCUT2D eigenvalue weighted by molar-refractivity contribution is -0.385. The Bertz CT molecular complexity index is 1430. The zero-order valence-corrected chi connectivity index (χ0v) is 17.1. The van der Waals surface area contributed by atoms with E-state index in [9.17, 15) is 24.6 Å². The molecule has 0 bridgehead atoms. The van der Waals surface area contributed by atoms with Gasteiger partial charge in [-0.15, -0.1) is 0 Å². The fourth-order valence-electron chi connectivity index (χ4n) is 3.36. The average molecular weight is 441 g/mol. The van der Waals surface area contributed by atoms with Gasteiger partial charge in [-0.1, -0.05) is 42.5 Å². The number of nitro groups is 1. The standard InChI is InChI=1S/C25H16FN3O4/c26-19-9-6-16(7-10-19)15-33-24-12-18(8-11-23(24)29(31)32)20-13-22(17-4-2-1-3-5-17)28-25(30)21(20)14-27/h1-13H,15H2,(H,28,30). The summed E-state index contributed by atoms with van der Waals surface area (Å²) in [5, 5.41) is 21.1. The number of nitrogens with zero attached hydrogens (tertiary/aromatic N) is 2. The van der Waals surface area contributed by atoms with Crippen molar-refractivity contribution in [3.05, 3.63) is 116 Å². The van der Waals surface area contributed by atoms with E-state index in [2.05, 4.69) is 4.98 Å². The van der Waals surface area contributed by atoms with Gasteiger partial charge in [0.25, 0.3) is 5.56 Å². The van der Waals surface area contributed by atoms with Gasteiger partial charge in [0.05, 0.1) is 4.92 Å². The van der Waals surface area contributed by atoms with E-state index in [0.29, 0.717) is 22.4 Å². The number of hydrogen-bond acceptors (Lipinski definition) is 5. The highest BCUT2D eigenvalue weighted by Crippen LogP contribution is 2.34. The summed E-state index contributed by atoms with van der Waals surface area (Å²) in [6, 6.07) is 22.4. The fourth-order valence-corrected chi connectivity index (χ4v) is 3.36. The van der Waals surface area contributed by atoms with E-state index in [4.69, 9.17) is 4.74 Å². The molecule has 0 fully saturated rings. The molecule has 1 aromatic heterocycles. The minimum atomic E-state index is -0.581. The number of H-pyrrole nitrogens is 1. The molecule has 0 unspecified atom stereocenters. The van der Waals surface area contributed by atoms with Crippen LogP contribution in [-0.2, 0) is 6.61 Å². The number of hydrogen-bond donors (Lipinski definition) is 1. The van der Waals surface area contributed by atoms with Crippen LogP contribution in [0.1, 0.15) is 11.1 Å². The monoisotopic (exact) mass is 441 g/mol. The summed E-state index contributed by atoms with van der Waals surface area (Å²) in [5.41, 5.74) is 1.64. The molecule has 0 saturated carbocycles. The Morgan fingerprint density at radius 3 is 2.39 bits per heavy atom. The number of pyridine rings is 1. The van der Waals surface area contributed by atoms with Gasteiger partial charge in [-0.3, -0.25) is 14.9 Å². The third-order valence-corrected chi connectivity index (χ3v) is 5.00. The number of nitriles is 1. The normalized spacial score (nSPS) is 10.4. The Morgan fingerprint density at radius 1 is 1.00 bits per heavy atom. The van der Waals surface area contributed by atoms with Gasteiger partial charge in [-0.2, -0.15) is 5.26 Å². The second-order valence-corrected chi connectivity index (χ2v) is 7.13. The Morgan fingerprint density at radius 2 is 1.73 bits per heavy atom. The van der Waals surface area contributed by atoms with Crippen LogP contribution in [0.3, 0.4) is 0 Å². The summed E-state index contributed by atoms with van der Waals surface area (Å²) >= 11 is 0. The van der Waals surface area contributed by atoms with Gasteiger partial charge >= 0.3 is 5.69 Å². The maximum absolute atomic E-state index is 13.1. The van der Waals surface area contributed by atoms with Gasteiger partial charge in [0.2, 0.25) is 0 Å². The minimum Gasteiger partial charge on any atom is -0.482 e. The van der Waals surface area contributed by atoms with Crippen molar-refractivity contribution in [2.24, 2.45) is 0 Å². The lowest BCUT2D eigenvalue weighted by Gasteiger charge is -2.11. The van der Waals surface area contributed by atoms with Gasteiger partial charge in [0.1, 0.15) is 24.1 Å². The van der Waals surface area contributed by atoms with Crippen LogP contribution in [0.4, 0.5) is 10.1 Å². The van der Waals surface area contributed by atoms with Crippen molar-refractivity contribution in [2.75, 3.05) is 0 Å². The average Bonchev–Trinajstić information content (AvgIpc) is 2.83. The zero-order chi connectivity index (χ0) is 23.4. The van der Waals surface area contributed by atoms with E-state index in [1.165, 1.54) is 42.5 Å².